The van der Waals surface area contributed by atoms with Crippen LogP contribution in [0.5, 0.6) is 0 Å². The minimum atomic E-state index is -0.168. The van der Waals surface area contributed by atoms with Gasteiger partial charge in [-0.05, 0) is 18.1 Å². The summed E-state index contributed by atoms with van der Waals surface area (Å²) in [7, 11) is 0. The summed E-state index contributed by atoms with van der Waals surface area (Å²) in [6.07, 6.45) is 1.70. The average Bonchev–Trinajstić information content (AvgIpc) is 2.79. The fourth-order valence-electron chi connectivity index (χ4n) is 1.77. The molecule has 0 bridgehead atoms. The predicted octanol–water partition coefficient (Wildman–Crippen LogP) is 3.41. The molecule has 0 saturated carbocycles. The number of nitrogens with two attached hydrogens (primary N) is 1. The zero-order chi connectivity index (χ0) is 14.1. The van der Waals surface area contributed by atoms with Crippen molar-refractivity contribution in [1.29, 1.82) is 0 Å². The van der Waals surface area contributed by atoms with Gasteiger partial charge in [0.15, 0.2) is 15.9 Å². The van der Waals surface area contributed by atoms with Crippen LogP contribution in [0.3, 0.4) is 0 Å². The van der Waals surface area contributed by atoms with Crippen molar-refractivity contribution in [2.24, 2.45) is 0 Å². The summed E-state index contributed by atoms with van der Waals surface area (Å²) >= 11 is 2.73. The number of benzene rings is 1. The first kappa shape index (κ1) is 13.3. The number of thioether (sulfide) groups is 1. The molecule has 0 aliphatic carbocycles. The Labute approximate surface area is 123 Å². The third kappa shape index (κ3) is 2.59. The molecular weight excluding hydrogens is 295 g/mol. The standard InChI is InChI=1S/C13H11FN4S2/c1-7-3-2-4-8(10(7)14)6-19-13-16-5-9-11(18-13)17-12(15)20-9/h2-5H,6H2,1H3,(H2,15,16,17,18). The molecule has 2 aromatic heterocycles. The van der Waals surface area contributed by atoms with Gasteiger partial charge in [-0.3, -0.25) is 0 Å². The molecule has 20 heavy (non-hydrogen) atoms. The van der Waals surface area contributed by atoms with E-state index >= 15 is 0 Å². The fraction of sp³-hybridized carbons (Fsp3) is 0.154. The molecule has 0 aliphatic rings. The minimum absolute atomic E-state index is 0.168. The molecule has 3 aromatic rings. The summed E-state index contributed by atoms with van der Waals surface area (Å²) in [5, 5.41) is 1.05. The van der Waals surface area contributed by atoms with Gasteiger partial charge in [-0.25, -0.2) is 19.3 Å². The summed E-state index contributed by atoms with van der Waals surface area (Å²) < 4.78 is 14.7. The molecule has 7 heteroatoms. The van der Waals surface area contributed by atoms with Gasteiger partial charge in [0.2, 0.25) is 0 Å². The van der Waals surface area contributed by atoms with Crippen molar-refractivity contribution in [2.45, 2.75) is 17.8 Å². The smallest absolute Gasteiger partial charge is 0.189 e. The fourth-order valence-corrected chi connectivity index (χ4v) is 3.20. The number of halogens is 1. The molecule has 0 unspecified atom stereocenters. The second-order valence-corrected chi connectivity index (χ2v) is 6.23. The maximum Gasteiger partial charge on any atom is 0.189 e. The van der Waals surface area contributed by atoms with Gasteiger partial charge in [0.05, 0.1) is 10.9 Å². The Morgan fingerprint density at radius 3 is 3.05 bits per heavy atom. The van der Waals surface area contributed by atoms with Crippen molar-refractivity contribution in [3.8, 4) is 0 Å². The Morgan fingerprint density at radius 1 is 1.35 bits per heavy atom. The van der Waals surface area contributed by atoms with E-state index in [1.165, 1.54) is 23.1 Å². The summed E-state index contributed by atoms with van der Waals surface area (Å²) in [5.41, 5.74) is 7.51. The van der Waals surface area contributed by atoms with E-state index in [4.69, 9.17) is 5.73 Å². The molecule has 0 fully saturated rings. The topological polar surface area (TPSA) is 64.7 Å². The van der Waals surface area contributed by atoms with Crippen LogP contribution in [0, 0.1) is 12.7 Å². The molecule has 102 valence electrons. The van der Waals surface area contributed by atoms with E-state index in [-0.39, 0.29) is 5.82 Å². The van der Waals surface area contributed by atoms with Gasteiger partial charge in [0.1, 0.15) is 5.82 Å². The Balaban J connectivity index is 1.81. The Kier molecular flexibility index (Phi) is 3.54. The zero-order valence-corrected chi connectivity index (χ0v) is 12.3. The van der Waals surface area contributed by atoms with E-state index in [0.717, 1.165) is 4.70 Å². The van der Waals surface area contributed by atoms with Gasteiger partial charge in [0, 0.05) is 5.75 Å². The van der Waals surface area contributed by atoms with Crippen LogP contribution < -0.4 is 5.73 Å². The lowest BCUT2D eigenvalue weighted by molar-refractivity contribution is 0.608. The van der Waals surface area contributed by atoms with E-state index in [9.17, 15) is 4.39 Å². The van der Waals surface area contributed by atoms with Gasteiger partial charge >= 0.3 is 0 Å². The lowest BCUT2D eigenvalue weighted by atomic mass is 10.1. The summed E-state index contributed by atoms with van der Waals surface area (Å²) in [5.74, 6) is 0.317. The van der Waals surface area contributed by atoms with Gasteiger partial charge in [-0.2, -0.15) is 0 Å². The number of rotatable bonds is 3. The van der Waals surface area contributed by atoms with E-state index in [1.54, 1.807) is 25.3 Å². The monoisotopic (exact) mass is 306 g/mol. The number of fused-ring (bicyclic) bond motifs is 1. The number of aromatic nitrogens is 3. The van der Waals surface area contributed by atoms with Crippen molar-refractivity contribution in [2.75, 3.05) is 5.73 Å². The van der Waals surface area contributed by atoms with Crippen molar-refractivity contribution >= 4 is 38.6 Å². The Morgan fingerprint density at radius 2 is 2.20 bits per heavy atom. The van der Waals surface area contributed by atoms with Crippen LogP contribution in [-0.4, -0.2) is 15.0 Å². The Hall–Kier alpha value is -1.73. The maximum atomic E-state index is 13.9. The molecule has 2 heterocycles. The van der Waals surface area contributed by atoms with E-state index in [2.05, 4.69) is 15.0 Å². The third-order valence-corrected chi connectivity index (χ3v) is 4.49. The molecule has 1 aromatic carbocycles. The second kappa shape index (κ2) is 5.34. The highest BCUT2D eigenvalue weighted by atomic mass is 32.2. The van der Waals surface area contributed by atoms with Crippen LogP contribution in [0.2, 0.25) is 0 Å². The number of nitrogens with zero attached hydrogens (tertiary/aromatic N) is 3. The summed E-state index contributed by atoms with van der Waals surface area (Å²) in [6, 6.07) is 5.37. The van der Waals surface area contributed by atoms with Crippen molar-refractivity contribution < 1.29 is 4.39 Å². The number of hydrogen-bond donors (Lipinski definition) is 1. The molecule has 0 aliphatic heterocycles. The number of anilines is 1. The molecule has 0 amide bonds. The predicted molar refractivity (Wildman–Crippen MR) is 80.3 cm³/mol. The number of nitrogen functional groups attached to an aromatic ring is 1. The Bertz CT molecular complexity index is 772. The average molecular weight is 306 g/mol. The molecule has 3 rings (SSSR count). The van der Waals surface area contributed by atoms with Crippen LogP contribution >= 0.6 is 23.1 Å². The molecule has 0 spiro atoms. The van der Waals surface area contributed by atoms with Gasteiger partial charge in [-0.1, -0.05) is 41.3 Å². The highest BCUT2D eigenvalue weighted by Gasteiger charge is 2.08. The highest BCUT2D eigenvalue weighted by molar-refractivity contribution is 7.98. The molecule has 4 nitrogen and oxygen atoms in total. The lowest BCUT2D eigenvalue weighted by Crippen LogP contribution is -1.93. The lowest BCUT2D eigenvalue weighted by Gasteiger charge is -2.04. The first-order chi connectivity index (χ1) is 9.63. The molecule has 2 N–H and O–H groups in total. The zero-order valence-electron chi connectivity index (χ0n) is 10.6. The summed E-state index contributed by atoms with van der Waals surface area (Å²) in [6.45, 7) is 1.75. The van der Waals surface area contributed by atoms with Crippen molar-refractivity contribution in [3.63, 3.8) is 0 Å². The van der Waals surface area contributed by atoms with Gasteiger partial charge < -0.3 is 5.73 Å². The number of hydrogen-bond acceptors (Lipinski definition) is 6. The van der Waals surface area contributed by atoms with Crippen molar-refractivity contribution in [1.82, 2.24) is 15.0 Å². The number of thiazole rings is 1. The second-order valence-electron chi connectivity index (χ2n) is 4.23. The molecule has 0 saturated heterocycles. The minimum Gasteiger partial charge on any atom is -0.375 e. The van der Waals surface area contributed by atoms with Crippen LogP contribution in [0.1, 0.15) is 11.1 Å². The number of aryl methyl sites for hydroxylation is 1. The highest BCUT2D eigenvalue weighted by Crippen LogP contribution is 2.26. The van der Waals surface area contributed by atoms with Crippen LogP contribution in [0.4, 0.5) is 9.52 Å². The summed E-state index contributed by atoms with van der Waals surface area (Å²) in [4.78, 5) is 12.7. The van der Waals surface area contributed by atoms with Crippen LogP contribution in [-0.2, 0) is 5.75 Å². The maximum absolute atomic E-state index is 13.9. The SMILES string of the molecule is Cc1cccc(CSc2ncc3sc(N)nc3n2)c1F. The van der Waals surface area contributed by atoms with Gasteiger partial charge in [-0.15, -0.1) is 0 Å². The van der Waals surface area contributed by atoms with E-state index in [1.807, 2.05) is 6.07 Å². The first-order valence-corrected chi connectivity index (χ1v) is 7.69. The largest absolute Gasteiger partial charge is 0.375 e. The normalized spacial score (nSPS) is 11.1. The molecule has 0 radical (unpaired) electrons. The van der Waals surface area contributed by atoms with E-state index < -0.39 is 0 Å². The molecular formula is C13H11FN4S2. The first-order valence-electron chi connectivity index (χ1n) is 5.89. The quantitative estimate of drug-likeness (QED) is 0.593. The third-order valence-electron chi connectivity index (χ3n) is 2.77. The van der Waals surface area contributed by atoms with Crippen LogP contribution in [0.25, 0.3) is 10.3 Å². The van der Waals surface area contributed by atoms with Crippen molar-refractivity contribution in [3.05, 3.63) is 41.3 Å². The van der Waals surface area contributed by atoms with Gasteiger partial charge in [0.25, 0.3) is 0 Å². The van der Waals surface area contributed by atoms with Crippen LogP contribution in [0.15, 0.2) is 29.6 Å². The van der Waals surface area contributed by atoms with E-state index in [0.29, 0.717) is 32.8 Å². The molecule has 0 atom stereocenters.